The highest BCUT2D eigenvalue weighted by Crippen LogP contribution is 2.38. The van der Waals surface area contributed by atoms with E-state index in [1.165, 1.54) is 24.1 Å². The standard InChI is InChI=1S/C15H16ClN3O/c16-14-4-3-12(20-14)9-19-6-5-13-11(8-19)7-17-15(18-13)10-1-2-10/h3-4,7,10H,1-2,5-6,8-9H2. The van der Waals surface area contributed by atoms with E-state index in [9.17, 15) is 0 Å². The second-order valence-corrected chi connectivity index (χ2v) is 6.01. The van der Waals surface area contributed by atoms with Crippen molar-refractivity contribution in [2.75, 3.05) is 6.54 Å². The summed E-state index contributed by atoms with van der Waals surface area (Å²) in [6, 6.07) is 3.73. The molecular formula is C15H16ClN3O. The highest BCUT2D eigenvalue weighted by atomic mass is 35.5. The van der Waals surface area contributed by atoms with Gasteiger partial charge in [0.05, 0.1) is 6.54 Å². The summed E-state index contributed by atoms with van der Waals surface area (Å²) < 4.78 is 5.43. The molecule has 4 nitrogen and oxygen atoms in total. The van der Waals surface area contributed by atoms with Gasteiger partial charge in [-0.25, -0.2) is 9.97 Å². The van der Waals surface area contributed by atoms with Crippen LogP contribution in [0.5, 0.6) is 0 Å². The van der Waals surface area contributed by atoms with Gasteiger partial charge in [-0.1, -0.05) is 0 Å². The van der Waals surface area contributed by atoms with Gasteiger partial charge in [0.15, 0.2) is 5.22 Å². The van der Waals surface area contributed by atoms with Crippen molar-refractivity contribution in [3.05, 3.63) is 46.4 Å². The first-order valence-electron chi connectivity index (χ1n) is 7.09. The molecule has 0 N–H and O–H groups in total. The lowest BCUT2D eigenvalue weighted by molar-refractivity contribution is 0.223. The van der Waals surface area contributed by atoms with Crippen LogP contribution in [0.2, 0.25) is 5.22 Å². The first-order chi connectivity index (χ1) is 9.78. The molecule has 0 unspecified atom stereocenters. The Morgan fingerprint density at radius 3 is 3.00 bits per heavy atom. The molecule has 1 aliphatic carbocycles. The fourth-order valence-corrected chi connectivity index (χ4v) is 2.88. The fraction of sp³-hybridized carbons (Fsp3) is 0.467. The molecule has 104 valence electrons. The molecule has 0 amide bonds. The maximum atomic E-state index is 5.81. The Morgan fingerprint density at radius 2 is 2.25 bits per heavy atom. The lowest BCUT2D eigenvalue weighted by Gasteiger charge is -2.27. The normalized spacial score (nSPS) is 19.1. The summed E-state index contributed by atoms with van der Waals surface area (Å²) >= 11 is 5.81. The van der Waals surface area contributed by atoms with Gasteiger partial charge in [-0.2, -0.15) is 0 Å². The Kier molecular flexibility index (Phi) is 3.00. The van der Waals surface area contributed by atoms with Crippen molar-refractivity contribution < 1.29 is 4.42 Å². The summed E-state index contributed by atoms with van der Waals surface area (Å²) in [5.74, 6) is 2.59. The molecule has 1 aliphatic heterocycles. The van der Waals surface area contributed by atoms with E-state index >= 15 is 0 Å². The van der Waals surface area contributed by atoms with E-state index in [1.54, 1.807) is 6.07 Å². The number of halogens is 1. The Balaban J connectivity index is 1.48. The SMILES string of the molecule is Clc1ccc(CN2CCc3nc(C4CC4)ncc3C2)o1. The molecule has 0 aromatic carbocycles. The van der Waals surface area contributed by atoms with Crippen molar-refractivity contribution in [3.63, 3.8) is 0 Å². The largest absolute Gasteiger partial charge is 0.448 e. The fourth-order valence-electron chi connectivity index (χ4n) is 2.72. The minimum atomic E-state index is 0.454. The van der Waals surface area contributed by atoms with E-state index in [0.29, 0.717) is 11.1 Å². The van der Waals surface area contributed by atoms with Gasteiger partial charge in [0, 0.05) is 42.9 Å². The van der Waals surface area contributed by atoms with Gasteiger partial charge in [0.25, 0.3) is 0 Å². The minimum absolute atomic E-state index is 0.454. The molecule has 0 radical (unpaired) electrons. The van der Waals surface area contributed by atoms with Crippen molar-refractivity contribution in [1.82, 2.24) is 14.9 Å². The second kappa shape index (κ2) is 4.86. The van der Waals surface area contributed by atoms with E-state index < -0.39 is 0 Å². The smallest absolute Gasteiger partial charge is 0.193 e. The van der Waals surface area contributed by atoms with Gasteiger partial charge in [0.2, 0.25) is 0 Å². The molecular weight excluding hydrogens is 274 g/mol. The van der Waals surface area contributed by atoms with Crippen LogP contribution < -0.4 is 0 Å². The second-order valence-electron chi connectivity index (χ2n) is 5.64. The molecule has 2 aliphatic rings. The van der Waals surface area contributed by atoms with Crippen LogP contribution in [0.25, 0.3) is 0 Å². The number of hydrogen-bond acceptors (Lipinski definition) is 4. The quantitative estimate of drug-likeness (QED) is 0.870. The predicted molar refractivity (Wildman–Crippen MR) is 75.5 cm³/mol. The van der Waals surface area contributed by atoms with Gasteiger partial charge < -0.3 is 4.42 Å². The zero-order valence-electron chi connectivity index (χ0n) is 11.2. The van der Waals surface area contributed by atoms with Crippen LogP contribution in [0.4, 0.5) is 0 Å². The molecule has 0 saturated heterocycles. The van der Waals surface area contributed by atoms with Gasteiger partial charge in [0.1, 0.15) is 11.6 Å². The molecule has 0 bridgehead atoms. The van der Waals surface area contributed by atoms with Crippen molar-refractivity contribution >= 4 is 11.6 Å². The summed E-state index contributed by atoms with van der Waals surface area (Å²) in [6.07, 6.45) is 5.51. The summed E-state index contributed by atoms with van der Waals surface area (Å²) in [5, 5.41) is 0.454. The van der Waals surface area contributed by atoms with Crippen molar-refractivity contribution in [2.45, 2.75) is 38.3 Å². The summed E-state index contributed by atoms with van der Waals surface area (Å²) in [6.45, 7) is 2.68. The first kappa shape index (κ1) is 12.4. The van der Waals surface area contributed by atoms with E-state index in [0.717, 1.165) is 37.6 Å². The lowest BCUT2D eigenvalue weighted by Crippen LogP contribution is -2.31. The Morgan fingerprint density at radius 1 is 1.35 bits per heavy atom. The van der Waals surface area contributed by atoms with Crippen LogP contribution in [0.15, 0.2) is 22.7 Å². The number of nitrogens with zero attached hydrogens (tertiary/aromatic N) is 3. The Hall–Kier alpha value is -1.39. The lowest BCUT2D eigenvalue weighted by atomic mass is 10.1. The van der Waals surface area contributed by atoms with Crippen LogP contribution in [-0.4, -0.2) is 21.4 Å². The molecule has 0 spiro atoms. The number of fused-ring (bicyclic) bond motifs is 1. The molecule has 20 heavy (non-hydrogen) atoms. The van der Waals surface area contributed by atoms with Gasteiger partial charge in [-0.05, 0) is 36.6 Å². The average Bonchev–Trinajstić information content (AvgIpc) is 3.22. The average molecular weight is 290 g/mol. The van der Waals surface area contributed by atoms with Crippen molar-refractivity contribution in [3.8, 4) is 0 Å². The van der Waals surface area contributed by atoms with Crippen LogP contribution in [0.1, 0.15) is 41.6 Å². The molecule has 2 aromatic rings. The van der Waals surface area contributed by atoms with Crippen molar-refractivity contribution in [1.29, 1.82) is 0 Å². The third-order valence-corrected chi connectivity index (χ3v) is 4.19. The monoisotopic (exact) mass is 289 g/mol. The van der Waals surface area contributed by atoms with Crippen molar-refractivity contribution in [2.24, 2.45) is 0 Å². The number of furan rings is 1. The molecule has 1 fully saturated rings. The summed E-state index contributed by atoms with van der Waals surface area (Å²) in [5.41, 5.74) is 2.48. The predicted octanol–water partition coefficient (Wildman–Crippen LogP) is 3.16. The minimum Gasteiger partial charge on any atom is -0.448 e. The van der Waals surface area contributed by atoms with Crippen LogP contribution >= 0.6 is 11.6 Å². The van der Waals surface area contributed by atoms with Gasteiger partial charge in [-0.3, -0.25) is 4.90 Å². The van der Waals surface area contributed by atoms with Crippen LogP contribution in [0, 0.1) is 0 Å². The highest BCUT2D eigenvalue weighted by Gasteiger charge is 2.28. The Bertz CT molecular complexity index is 636. The van der Waals surface area contributed by atoms with E-state index in [1.807, 2.05) is 12.3 Å². The molecule has 2 aromatic heterocycles. The summed E-state index contributed by atoms with van der Waals surface area (Å²) in [7, 11) is 0. The molecule has 3 heterocycles. The molecule has 4 rings (SSSR count). The number of rotatable bonds is 3. The third-order valence-electron chi connectivity index (χ3n) is 3.98. The van der Waals surface area contributed by atoms with Gasteiger partial charge in [-0.15, -0.1) is 0 Å². The zero-order valence-corrected chi connectivity index (χ0v) is 11.9. The van der Waals surface area contributed by atoms with Gasteiger partial charge >= 0.3 is 0 Å². The van der Waals surface area contributed by atoms with E-state index in [-0.39, 0.29) is 0 Å². The van der Waals surface area contributed by atoms with E-state index in [2.05, 4.69) is 9.88 Å². The summed E-state index contributed by atoms with van der Waals surface area (Å²) in [4.78, 5) is 11.6. The zero-order chi connectivity index (χ0) is 13.5. The maximum absolute atomic E-state index is 5.81. The molecule has 1 saturated carbocycles. The van der Waals surface area contributed by atoms with Crippen LogP contribution in [-0.2, 0) is 19.5 Å². The molecule has 0 atom stereocenters. The van der Waals surface area contributed by atoms with E-state index in [4.69, 9.17) is 21.0 Å². The first-order valence-corrected chi connectivity index (χ1v) is 7.47. The topological polar surface area (TPSA) is 42.2 Å². The highest BCUT2D eigenvalue weighted by molar-refractivity contribution is 6.28. The number of hydrogen-bond donors (Lipinski definition) is 0. The Labute approximate surface area is 122 Å². The third kappa shape index (κ3) is 2.45. The molecule has 5 heteroatoms. The number of aromatic nitrogens is 2. The maximum Gasteiger partial charge on any atom is 0.193 e. The van der Waals surface area contributed by atoms with Crippen LogP contribution in [0.3, 0.4) is 0 Å².